The van der Waals surface area contributed by atoms with Gasteiger partial charge in [0.15, 0.2) is 0 Å². The molecule has 0 saturated carbocycles. The quantitative estimate of drug-likeness (QED) is 0.754. The van der Waals surface area contributed by atoms with Gasteiger partial charge in [0.2, 0.25) is 3.83 Å². The maximum absolute atomic E-state index is 4.28. The van der Waals surface area contributed by atoms with E-state index >= 15 is 0 Å². The first-order valence-corrected chi connectivity index (χ1v) is 5.26. The first kappa shape index (κ1) is 8.12. The molecule has 0 fully saturated rings. The predicted molar refractivity (Wildman–Crippen MR) is 58.1 cm³/mol. The number of benzene rings is 1. The van der Waals surface area contributed by atoms with Crippen molar-refractivity contribution in [3.8, 4) is 10.6 Å². The summed E-state index contributed by atoms with van der Waals surface area (Å²) in [6.45, 7) is 0. The molecule has 0 aliphatic rings. The Morgan fingerprint density at radius 1 is 1.17 bits per heavy atom. The summed E-state index contributed by atoms with van der Waals surface area (Å²) in [6.07, 6.45) is 0. The van der Waals surface area contributed by atoms with Crippen molar-refractivity contribution >= 4 is 34.1 Å². The summed E-state index contributed by atoms with van der Waals surface area (Å²) in [6, 6.07) is 10.1. The second-order valence-corrected chi connectivity index (χ2v) is 3.95. The van der Waals surface area contributed by atoms with Crippen LogP contribution in [0, 0.1) is 3.83 Å². The minimum Gasteiger partial charge on any atom is -0.210 e. The van der Waals surface area contributed by atoms with Crippen LogP contribution < -0.4 is 0 Å². The fourth-order valence-corrected chi connectivity index (χ4v) is 2.18. The summed E-state index contributed by atoms with van der Waals surface area (Å²) in [4.78, 5) is 4.28. The highest BCUT2D eigenvalue weighted by molar-refractivity contribution is 14.1. The Kier molecular flexibility index (Phi) is 2.36. The van der Waals surface area contributed by atoms with E-state index in [0.717, 1.165) is 14.4 Å². The molecule has 1 aromatic heterocycles. The van der Waals surface area contributed by atoms with E-state index in [2.05, 4.69) is 31.9 Å². The fraction of sp³-hybridized carbons (Fsp3) is 0. The minimum absolute atomic E-state index is 0.816. The summed E-state index contributed by atoms with van der Waals surface area (Å²) in [5.74, 6) is 0. The van der Waals surface area contributed by atoms with Crippen LogP contribution in [0.4, 0.5) is 0 Å². The van der Waals surface area contributed by atoms with Crippen LogP contribution in [0.1, 0.15) is 0 Å². The Labute approximate surface area is 88.0 Å². The molecule has 1 aromatic carbocycles. The zero-order valence-corrected chi connectivity index (χ0v) is 9.04. The number of halogens is 1. The lowest BCUT2D eigenvalue weighted by Crippen LogP contribution is -1.75. The van der Waals surface area contributed by atoms with Crippen LogP contribution in [0.5, 0.6) is 0 Å². The van der Waals surface area contributed by atoms with Crippen LogP contribution >= 0.6 is 34.1 Å². The van der Waals surface area contributed by atoms with Crippen LogP contribution in [0.2, 0.25) is 0 Å². The number of rotatable bonds is 1. The van der Waals surface area contributed by atoms with Crippen molar-refractivity contribution in [2.75, 3.05) is 0 Å². The lowest BCUT2D eigenvalue weighted by atomic mass is 10.2. The molecule has 2 nitrogen and oxygen atoms in total. The Hall–Kier alpha value is -0.490. The van der Waals surface area contributed by atoms with Gasteiger partial charge in [-0.2, -0.15) is 4.37 Å². The van der Waals surface area contributed by atoms with Crippen LogP contribution in [-0.4, -0.2) is 9.36 Å². The van der Waals surface area contributed by atoms with Crippen molar-refractivity contribution in [2.45, 2.75) is 0 Å². The van der Waals surface area contributed by atoms with Gasteiger partial charge in [-0.15, -0.1) is 0 Å². The maximum atomic E-state index is 4.28. The number of nitrogens with zero attached hydrogens (tertiary/aromatic N) is 2. The lowest BCUT2D eigenvalue weighted by Gasteiger charge is -1.90. The van der Waals surface area contributed by atoms with Crippen molar-refractivity contribution in [1.29, 1.82) is 0 Å². The predicted octanol–water partition coefficient (Wildman–Crippen LogP) is 2.81. The summed E-state index contributed by atoms with van der Waals surface area (Å²) >= 11 is 3.55. The molecule has 1 heterocycles. The molecule has 0 aliphatic carbocycles. The van der Waals surface area contributed by atoms with E-state index in [1.807, 2.05) is 30.3 Å². The van der Waals surface area contributed by atoms with Gasteiger partial charge in [0.05, 0.1) is 0 Å². The SMILES string of the molecule is Ic1nsc(-c2ccccc2)n1. The van der Waals surface area contributed by atoms with E-state index < -0.39 is 0 Å². The van der Waals surface area contributed by atoms with Crippen molar-refractivity contribution in [1.82, 2.24) is 9.36 Å². The molecule has 0 saturated heterocycles. The highest BCUT2D eigenvalue weighted by Gasteiger charge is 2.01. The molecule has 0 radical (unpaired) electrons. The summed E-state index contributed by atoms with van der Waals surface area (Å²) in [5, 5.41) is 0.986. The van der Waals surface area contributed by atoms with Gasteiger partial charge in [-0.25, -0.2) is 4.98 Å². The summed E-state index contributed by atoms with van der Waals surface area (Å²) in [5.41, 5.74) is 1.14. The van der Waals surface area contributed by atoms with Gasteiger partial charge in [-0.1, -0.05) is 30.3 Å². The Morgan fingerprint density at radius 3 is 2.50 bits per heavy atom. The second-order valence-electron chi connectivity index (χ2n) is 2.23. The molecule has 60 valence electrons. The molecule has 0 amide bonds. The number of aromatic nitrogens is 2. The van der Waals surface area contributed by atoms with Gasteiger partial charge in [-0.05, 0) is 11.5 Å². The highest BCUT2D eigenvalue weighted by atomic mass is 127. The zero-order chi connectivity index (χ0) is 8.39. The third-order valence-corrected chi connectivity index (χ3v) is 3.00. The van der Waals surface area contributed by atoms with Crippen molar-refractivity contribution in [3.63, 3.8) is 0 Å². The molecule has 2 aromatic rings. The molecule has 12 heavy (non-hydrogen) atoms. The molecule has 0 bridgehead atoms. The van der Waals surface area contributed by atoms with Crippen LogP contribution in [0.15, 0.2) is 30.3 Å². The van der Waals surface area contributed by atoms with Gasteiger partial charge in [0.1, 0.15) is 5.01 Å². The first-order chi connectivity index (χ1) is 5.86. The average molecular weight is 288 g/mol. The first-order valence-electron chi connectivity index (χ1n) is 3.41. The molecule has 0 atom stereocenters. The topological polar surface area (TPSA) is 25.8 Å². The molecule has 4 heteroatoms. The van der Waals surface area contributed by atoms with E-state index in [0.29, 0.717) is 0 Å². The molecule has 0 unspecified atom stereocenters. The zero-order valence-electron chi connectivity index (χ0n) is 6.07. The van der Waals surface area contributed by atoms with Crippen LogP contribution in [-0.2, 0) is 0 Å². The average Bonchev–Trinajstić information content (AvgIpc) is 2.54. The Morgan fingerprint density at radius 2 is 1.92 bits per heavy atom. The molecule has 0 N–H and O–H groups in total. The van der Waals surface area contributed by atoms with Crippen molar-refractivity contribution in [3.05, 3.63) is 34.2 Å². The van der Waals surface area contributed by atoms with Crippen molar-refractivity contribution in [2.24, 2.45) is 0 Å². The third kappa shape index (κ3) is 1.64. The summed E-state index contributed by atoms with van der Waals surface area (Å²) in [7, 11) is 0. The summed E-state index contributed by atoms with van der Waals surface area (Å²) < 4.78 is 4.93. The number of hydrogen-bond acceptors (Lipinski definition) is 3. The second kappa shape index (κ2) is 3.49. The normalized spacial score (nSPS) is 10.1. The highest BCUT2D eigenvalue weighted by Crippen LogP contribution is 2.20. The van der Waals surface area contributed by atoms with Gasteiger partial charge >= 0.3 is 0 Å². The minimum atomic E-state index is 0.816. The van der Waals surface area contributed by atoms with Gasteiger partial charge in [-0.3, -0.25) is 0 Å². The monoisotopic (exact) mass is 288 g/mol. The third-order valence-electron chi connectivity index (χ3n) is 1.42. The van der Waals surface area contributed by atoms with E-state index in [4.69, 9.17) is 0 Å². The maximum Gasteiger partial charge on any atom is 0.203 e. The molecular weight excluding hydrogens is 283 g/mol. The Balaban J connectivity index is 2.45. The molecule has 2 rings (SSSR count). The van der Waals surface area contributed by atoms with E-state index in [1.54, 1.807) is 0 Å². The smallest absolute Gasteiger partial charge is 0.203 e. The lowest BCUT2D eigenvalue weighted by molar-refractivity contribution is 1.25. The van der Waals surface area contributed by atoms with E-state index in [-0.39, 0.29) is 0 Å². The fourth-order valence-electron chi connectivity index (χ4n) is 0.904. The number of hydrogen-bond donors (Lipinski definition) is 0. The molecular formula is C8H5IN2S. The standard InChI is InChI=1S/C8H5IN2S/c9-8-10-7(12-11-8)6-4-2-1-3-5-6/h1-5H. The van der Waals surface area contributed by atoms with Crippen LogP contribution in [0.3, 0.4) is 0 Å². The van der Waals surface area contributed by atoms with Gasteiger partial charge in [0.25, 0.3) is 0 Å². The van der Waals surface area contributed by atoms with E-state index in [1.165, 1.54) is 11.5 Å². The van der Waals surface area contributed by atoms with Gasteiger partial charge < -0.3 is 0 Å². The van der Waals surface area contributed by atoms with Gasteiger partial charge in [0, 0.05) is 28.2 Å². The molecule has 0 spiro atoms. The van der Waals surface area contributed by atoms with Crippen LogP contribution in [0.25, 0.3) is 10.6 Å². The molecule has 0 aliphatic heterocycles. The largest absolute Gasteiger partial charge is 0.210 e. The Bertz CT molecular complexity index is 372. The van der Waals surface area contributed by atoms with Crippen molar-refractivity contribution < 1.29 is 0 Å². The van der Waals surface area contributed by atoms with E-state index in [9.17, 15) is 0 Å².